The van der Waals surface area contributed by atoms with Gasteiger partial charge in [0.2, 0.25) is 5.52 Å². The topological polar surface area (TPSA) is 71.8 Å². The monoisotopic (exact) mass is 537 g/mol. The average Bonchev–Trinajstić information content (AvgIpc) is 3.48. The number of hydrogen-bond acceptors (Lipinski definition) is 6. The van der Waals surface area contributed by atoms with Gasteiger partial charge in [0, 0.05) is 46.7 Å². The van der Waals surface area contributed by atoms with Gasteiger partial charge in [-0.15, -0.1) is 0 Å². The summed E-state index contributed by atoms with van der Waals surface area (Å²) in [7, 11) is 0. The number of hydrogen-bond donors (Lipinski definition) is 1. The van der Waals surface area contributed by atoms with Crippen LogP contribution in [0.2, 0.25) is 0 Å². The highest BCUT2D eigenvalue weighted by Gasteiger charge is 2.38. The van der Waals surface area contributed by atoms with Crippen LogP contribution < -0.4 is 9.47 Å². The molecular weight excluding hydrogens is 509 g/mol. The number of thioether (sulfide) groups is 1. The minimum atomic E-state index is -0.0954. The van der Waals surface area contributed by atoms with Crippen LogP contribution in [0.5, 0.6) is 0 Å². The molecule has 1 N–H and O–H groups in total. The van der Waals surface area contributed by atoms with Crippen LogP contribution in [0.25, 0.3) is 16.3 Å². The molecule has 0 unspecified atom stereocenters. The summed E-state index contributed by atoms with van der Waals surface area (Å²) < 4.78 is 3.42. The third-order valence-corrected chi connectivity index (χ3v) is 9.02. The summed E-state index contributed by atoms with van der Waals surface area (Å²) in [6, 6.07) is 18.6. The Balaban J connectivity index is 1.62. The maximum absolute atomic E-state index is 13.6. The number of allylic oxidation sites excluding steroid dienone is 5. The van der Waals surface area contributed by atoms with E-state index in [0.29, 0.717) is 16.7 Å². The largest absolute Gasteiger partial charge is 0.335 e. The molecule has 0 amide bonds. The molecule has 1 aromatic heterocycles. The van der Waals surface area contributed by atoms with E-state index in [0.717, 1.165) is 69.6 Å². The van der Waals surface area contributed by atoms with Crippen molar-refractivity contribution in [1.29, 1.82) is 10.7 Å². The molecule has 3 aromatic rings. The molecule has 1 aliphatic carbocycles. The zero-order valence-corrected chi connectivity index (χ0v) is 23.2. The third kappa shape index (κ3) is 4.68. The highest BCUT2D eigenvalue weighted by atomic mass is 32.2. The lowest BCUT2D eigenvalue weighted by Gasteiger charge is -2.25. The van der Waals surface area contributed by atoms with Gasteiger partial charge in [0.15, 0.2) is 12.3 Å². The molecule has 38 heavy (non-hydrogen) atoms. The summed E-state index contributed by atoms with van der Waals surface area (Å²) in [5.41, 5.74) is 3.85. The summed E-state index contributed by atoms with van der Waals surface area (Å²) >= 11 is 3.29. The van der Waals surface area contributed by atoms with Gasteiger partial charge in [-0.2, -0.15) is 9.83 Å². The Morgan fingerprint density at radius 2 is 1.84 bits per heavy atom. The van der Waals surface area contributed by atoms with Crippen molar-refractivity contribution in [2.75, 3.05) is 11.4 Å². The van der Waals surface area contributed by atoms with Crippen LogP contribution in [-0.4, -0.2) is 18.2 Å². The first-order valence-corrected chi connectivity index (χ1v) is 14.6. The van der Waals surface area contributed by atoms with Crippen LogP contribution in [0.1, 0.15) is 44.5 Å². The van der Waals surface area contributed by atoms with Crippen molar-refractivity contribution in [3.05, 3.63) is 86.9 Å². The van der Waals surface area contributed by atoms with Crippen LogP contribution in [0.4, 0.5) is 5.69 Å². The van der Waals surface area contributed by atoms with Crippen LogP contribution in [0.3, 0.4) is 0 Å². The van der Waals surface area contributed by atoms with Crippen molar-refractivity contribution in [2.45, 2.75) is 51.0 Å². The van der Waals surface area contributed by atoms with E-state index in [4.69, 9.17) is 5.41 Å². The van der Waals surface area contributed by atoms with E-state index < -0.39 is 0 Å². The Morgan fingerprint density at radius 3 is 2.61 bits per heavy atom. The summed E-state index contributed by atoms with van der Waals surface area (Å²) in [5.74, 6) is 2.19. The molecule has 0 saturated heterocycles. The van der Waals surface area contributed by atoms with E-state index >= 15 is 0 Å². The molecule has 1 aliphatic heterocycles. The number of ketones is 1. The third-order valence-electron chi connectivity index (χ3n) is 6.79. The second kappa shape index (κ2) is 11.4. The Morgan fingerprint density at radius 1 is 1.08 bits per heavy atom. The summed E-state index contributed by atoms with van der Waals surface area (Å²) in [4.78, 5) is 17.0. The molecule has 2 aromatic carbocycles. The van der Waals surface area contributed by atoms with Gasteiger partial charge in [0.25, 0.3) is 5.01 Å². The number of benzene rings is 2. The number of nitrogens with zero attached hydrogens (tertiary/aromatic N) is 3. The van der Waals surface area contributed by atoms with Crippen molar-refractivity contribution >= 4 is 56.7 Å². The van der Waals surface area contributed by atoms with Gasteiger partial charge in [-0.1, -0.05) is 74.1 Å². The molecule has 190 valence electrons. The van der Waals surface area contributed by atoms with Gasteiger partial charge in [-0.3, -0.25) is 10.2 Å². The normalized spacial score (nSPS) is 16.7. The van der Waals surface area contributed by atoms with E-state index in [-0.39, 0.29) is 11.4 Å². The molecule has 2 heterocycles. The van der Waals surface area contributed by atoms with Crippen LogP contribution in [-0.2, 0) is 11.3 Å². The zero-order valence-electron chi connectivity index (χ0n) is 21.6. The predicted octanol–water partition coefficient (Wildman–Crippen LogP) is 7.20. The number of carbonyl (C=O) groups excluding carboxylic acids is 1. The number of carbonyl (C=O) groups is 1. The van der Waals surface area contributed by atoms with Crippen molar-refractivity contribution in [3.63, 3.8) is 0 Å². The zero-order chi connectivity index (χ0) is 26.6. The smallest absolute Gasteiger partial charge is 0.263 e. The van der Waals surface area contributed by atoms with Crippen LogP contribution in [0, 0.1) is 16.7 Å². The minimum Gasteiger partial charge on any atom is -0.335 e. The molecule has 5 nitrogen and oxygen atoms in total. The Labute approximate surface area is 231 Å². The van der Waals surface area contributed by atoms with E-state index in [1.807, 2.05) is 36.4 Å². The lowest BCUT2D eigenvalue weighted by Crippen LogP contribution is -2.35. The number of anilines is 1. The number of aryl methyl sites for hydroxylation is 1. The molecule has 0 spiro atoms. The van der Waals surface area contributed by atoms with Crippen molar-refractivity contribution < 1.29 is 9.36 Å². The number of nitrogens with one attached hydrogen (secondary N) is 1. The van der Waals surface area contributed by atoms with E-state index in [2.05, 4.69) is 59.5 Å². The summed E-state index contributed by atoms with van der Waals surface area (Å²) in [6.07, 6.45) is 8.01. The number of rotatable bonds is 9. The number of Topliss-reactive ketones (excluding diaryl/α,β-unsaturated/α-hetero) is 1. The number of thiazole rings is 1. The molecular formula is C31H29N4OS2+. The number of fused-ring (bicyclic) bond motifs is 2. The van der Waals surface area contributed by atoms with Gasteiger partial charge in [-0.25, -0.2) is 0 Å². The van der Waals surface area contributed by atoms with Crippen molar-refractivity contribution in [3.8, 4) is 6.07 Å². The standard InChI is InChI=1S/C31H29N4OS2/c1-3-5-15-34-24-11-7-9-13-26(24)37-28(34)17-22-30(21(19-32)20-33)23(31(22)36)18-29-35(16-6-4-2)25-12-8-10-14-27(25)38-29/h7-14,17-18,32H,3-6,15-16H2,1-2H3/q+1. The van der Waals surface area contributed by atoms with Crippen molar-refractivity contribution in [2.24, 2.45) is 0 Å². The number of para-hydroxylation sites is 2. The lowest BCUT2D eigenvalue weighted by atomic mass is 9.77. The molecule has 2 aliphatic rings. The van der Waals surface area contributed by atoms with Crippen LogP contribution >= 0.6 is 23.1 Å². The highest BCUT2D eigenvalue weighted by molar-refractivity contribution is 8.03. The first-order chi connectivity index (χ1) is 18.6. The molecule has 0 atom stereocenters. The predicted molar refractivity (Wildman–Crippen MR) is 156 cm³/mol. The number of aromatic nitrogens is 1. The molecule has 0 radical (unpaired) electrons. The fraction of sp³-hybridized carbons (Fsp3) is 0.258. The second-order valence-corrected chi connectivity index (χ2v) is 11.4. The van der Waals surface area contributed by atoms with E-state index in [1.165, 1.54) is 0 Å². The highest BCUT2D eigenvalue weighted by Crippen LogP contribution is 2.48. The van der Waals surface area contributed by atoms with Gasteiger partial charge in [0.1, 0.15) is 16.3 Å². The fourth-order valence-electron chi connectivity index (χ4n) is 4.81. The quantitative estimate of drug-likeness (QED) is 0.136. The maximum Gasteiger partial charge on any atom is 0.263 e. The summed E-state index contributed by atoms with van der Waals surface area (Å²) in [5, 5.41) is 19.5. The first kappa shape index (κ1) is 25.9. The number of nitriles is 1. The number of unbranched alkanes of at least 4 members (excludes halogenated alkanes) is 2. The SMILES string of the molecule is CCCCN1C(=CC2=C(C(=C=N)C#N)C(=Cc3sc4ccccc4[n+]3CCCC)C2=O)Sc2ccccc21. The van der Waals surface area contributed by atoms with E-state index in [9.17, 15) is 10.1 Å². The Hall–Kier alpha value is -3.69. The van der Waals surface area contributed by atoms with Gasteiger partial charge in [0.05, 0.1) is 10.7 Å². The Bertz CT molecular complexity index is 1610. The second-order valence-electron chi connectivity index (χ2n) is 9.26. The maximum atomic E-state index is 13.6. The minimum absolute atomic E-state index is 0.0875. The lowest BCUT2D eigenvalue weighted by molar-refractivity contribution is -0.669. The van der Waals surface area contributed by atoms with Crippen molar-refractivity contribution in [1.82, 2.24) is 0 Å². The molecule has 0 fully saturated rings. The molecule has 5 rings (SSSR count). The molecule has 0 saturated carbocycles. The molecule has 7 heteroatoms. The Kier molecular flexibility index (Phi) is 7.76. The average molecular weight is 538 g/mol. The van der Waals surface area contributed by atoms with Crippen LogP contribution in [0.15, 0.2) is 86.8 Å². The fourth-order valence-corrected chi connectivity index (χ4v) is 7.07. The van der Waals surface area contributed by atoms with E-state index in [1.54, 1.807) is 23.1 Å². The molecule has 0 bridgehead atoms. The van der Waals surface area contributed by atoms with Gasteiger partial charge < -0.3 is 4.90 Å². The summed E-state index contributed by atoms with van der Waals surface area (Å²) in [6.45, 7) is 6.05. The first-order valence-electron chi connectivity index (χ1n) is 13.0. The van der Waals surface area contributed by atoms with Gasteiger partial charge in [-0.05, 0) is 36.6 Å². The van der Waals surface area contributed by atoms with Gasteiger partial charge >= 0.3 is 0 Å².